The van der Waals surface area contributed by atoms with E-state index in [4.69, 9.17) is 28.7 Å². The molecule has 0 unspecified atom stereocenters. The molecule has 0 atom stereocenters. The minimum atomic E-state index is -4.44. The van der Waals surface area contributed by atoms with Crippen LogP contribution in [0.15, 0.2) is 51.6 Å². The Balaban J connectivity index is 0.000000509. The molecule has 0 aliphatic carbocycles. The highest BCUT2D eigenvalue weighted by molar-refractivity contribution is 6.27. The van der Waals surface area contributed by atoms with E-state index in [-0.39, 0.29) is 29.8 Å². The van der Waals surface area contributed by atoms with Crippen LogP contribution in [0.2, 0.25) is 0 Å². The first-order valence-corrected chi connectivity index (χ1v) is 10.0. The summed E-state index contributed by atoms with van der Waals surface area (Å²) in [6.07, 6.45) is -2.89. The van der Waals surface area contributed by atoms with Crippen LogP contribution in [0.1, 0.15) is 23.1 Å². The number of rotatable bonds is 6. The zero-order chi connectivity index (χ0) is 25.6. The molecule has 11 nitrogen and oxygen atoms in total. The zero-order valence-electron chi connectivity index (χ0n) is 17.9. The van der Waals surface area contributed by atoms with Gasteiger partial charge in [-0.2, -0.15) is 18.2 Å². The second-order valence-electron chi connectivity index (χ2n) is 7.39. The van der Waals surface area contributed by atoms with Crippen molar-refractivity contribution in [3.8, 4) is 11.4 Å². The van der Waals surface area contributed by atoms with E-state index in [0.29, 0.717) is 31.3 Å². The molecule has 4 rings (SSSR count). The molecule has 2 aromatic heterocycles. The van der Waals surface area contributed by atoms with E-state index in [1.54, 1.807) is 18.4 Å². The number of hydrogen-bond acceptors (Lipinski definition) is 8. The van der Waals surface area contributed by atoms with E-state index in [0.717, 1.165) is 12.1 Å². The maximum atomic E-state index is 12.9. The number of likely N-dealkylation sites (tertiary alicyclic amines) is 1. The summed E-state index contributed by atoms with van der Waals surface area (Å²) in [5.41, 5.74) is -0.528. The number of nitrogens with one attached hydrogen (secondary N) is 1. The Morgan fingerprint density at radius 2 is 1.83 bits per heavy atom. The SMILES string of the molecule is O=C(CN1CC(c2nc(-c3cccc(C(F)(F)F)c3)no2)C1)NCc1ccco1.O=C(O)C(=O)O. The molecule has 1 saturated heterocycles. The van der Waals surface area contributed by atoms with Gasteiger partial charge in [-0.25, -0.2) is 9.59 Å². The second-order valence-corrected chi connectivity index (χ2v) is 7.39. The number of carboxylic acids is 2. The lowest BCUT2D eigenvalue weighted by Gasteiger charge is -2.36. The molecule has 3 aromatic rings. The minimum absolute atomic E-state index is 0.0556. The van der Waals surface area contributed by atoms with Gasteiger partial charge in [0.2, 0.25) is 17.6 Å². The lowest BCUT2D eigenvalue weighted by atomic mass is 10.0. The summed E-state index contributed by atoms with van der Waals surface area (Å²) in [5, 5.41) is 21.3. The van der Waals surface area contributed by atoms with E-state index in [9.17, 15) is 18.0 Å². The molecule has 3 heterocycles. The number of carbonyl (C=O) groups excluding carboxylic acids is 1. The topological polar surface area (TPSA) is 159 Å². The summed E-state index contributed by atoms with van der Waals surface area (Å²) in [4.78, 5) is 36.3. The highest BCUT2D eigenvalue weighted by Crippen LogP contribution is 2.32. The molecule has 1 aromatic carbocycles. The van der Waals surface area contributed by atoms with Crippen LogP contribution in [0.5, 0.6) is 0 Å². The Bertz CT molecular complexity index is 1160. The lowest BCUT2D eigenvalue weighted by Crippen LogP contribution is -2.49. The monoisotopic (exact) mass is 496 g/mol. The molecule has 0 saturated carbocycles. The summed E-state index contributed by atoms with van der Waals surface area (Å²) in [7, 11) is 0. The molecule has 1 amide bonds. The third kappa shape index (κ3) is 7.14. The van der Waals surface area contributed by atoms with Crippen LogP contribution in [0.25, 0.3) is 11.4 Å². The van der Waals surface area contributed by atoms with E-state index < -0.39 is 23.7 Å². The van der Waals surface area contributed by atoms with Gasteiger partial charge in [0.25, 0.3) is 0 Å². The van der Waals surface area contributed by atoms with Gasteiger partial charge in [0, 0.05) is 18.7 Å². The fourth-order valence-corrected chi connectivity index (χ4v) is 3.07. The van der Waals surface area contributed by atoms with Crippen LogP contribution in [0.4, 0.5) is 13.2 Å². The van der Waals surface area contributed by atoms with Crippen molar-refractivity contribution in [3.63, 3.8) is 0 Å². The van der Waals surface area contributed by atoms with Crippen LogP contribution in [-0.2, 0) is 27.1 Å². The van der Waals surface area contributed by atoms with Crippen LogP contribution < -0.4 is 5.32 Å². The third-order valence-electron chi connectivity index (χ3n) is 4.79. The van der Waals surface area contributed by atoms with Crippen LogP contribution in [-0.4, -0.2) is 62.7 Å². The zero-order valence-corrected chi connectivity index (χ0v) is 17.9. The molecule has 0 spiro atoms. The highest BCUT2D eigenvalue weighted by atomic mass is 19.4. The van der Waals surface area contributed by atoms with E-state index in [1.165, 1.54) is 12.1 Å². The number of benzene rings is 1. The Morgan fingerprint density at radius 3 is 2.43 bits per heavy atom. The predicted molar refractivity (Wildman–Crippen MR) is 110 cm³/mol. The van der Waals surface area contributed by atoms with Crippen molar-refractivity contribution < 1.29 is 46.7 Å². The molecule has 0 radical (unpaired) electrons. The number of hydrogen-bond donors (Lipinski definition) is 3. The van der Waals surface area contributed by atoms with Crippen LogP contribution in [0, 0.1) is 0 Å². The summed E-state index contributed by atoms with van der Waals surface area (Å²) >= 11 is 0. The number of aromatic nitrogens is 2. The molecular weight excluding hydrogens is 477 g/mol. The Kier molecular flexibility index (Phi) is 7.86. The first-order valence-electron chi connectivity index (χ1n) is 10.0. The van der Waals surface area contributed by atoms with Gasteiger partial charge in [-0.3, -0.25) is 9.69 Å². The Labute approximate surface area is 195 Å². The normalized spacial score (nSPS) is 13.9. The first kappa shape index (κ1) is 25.4. The van der Waals surface area contributed by atoms with Gasteiger partial charge in [0.05, 0.1) is 30.8 Å². The van der Waals surface area contributed by atoms with Crippen molar-refractivity contribution in [1.29, 1.82) is 0 Å². The second kappa shape index (κ2) is 10.8. The smallest absolute Gasteiger partial charge is 0.416 e. The molecule has 35 heavy (non-hydrogen) atoms. The average Bonchev–Trinajstić information content (AvgIpc) is 3.46. The summed E-state index contributed by atoms with van der Waals surface area (Å²) in [5.74, 6) is -2.70. The molecule has 186 valence electrons. The minimum Gasteiger partial charge on any atom is -0.473 e. The largest absolute Gasteiger partial charge is 0.473 e. The lowest BCUT2D eigenvalue weighted by molar-refractivity contribution is -0.159. The Morgan fingerprint density at radius 1 is 1.11 bits per heavy atom. The number of aliphatic carboxylic acids is 2. The number of halogens is 3. The third-order valence-corrected chi connectivity index (χ3v) is 4.79. The van der Waals surface area contributed by atoms with Crippen molar-refractivity contribution in [3.05, 3.63) is 59.9 Å². The molecule has 3 N–H and O–H groups in total. The first-order chi connectivity index (χ1) is 16.5. The predicted octanol–water partition coefficient (Wildman–Crippen LogP) is 2.22. The van der Waals surface area contributed by atoms with Crippen LogP contribution in [0.3, 0.4) is 0 Å². The number of alkyl halides is 3. The maximum Gasteiger partial charge on any atom is 0.416 e. The fourth-order valence-electron chi connectivity index (χ4n) is 3.07. The van der Waals surface area contributed by atoms with Crippen molar-refractivity contribution >= 4 is 17.8 Å². The summed E-state index contributed by atoms with van der Waals surface area (Å²) < 4.78 is 48.9. The van der Waals surface area contributed by atoms with E-state index >= 15 is 0 Å². The van der Waals surface area contributed by atoms with Crippen molar-refractivity contribution in [1.82, 2.24) is 20.4 Å². The quantitative estimate of drug-likeness (QED) is 0.432. The highest BCUT2D eigenvalue weighted by Gasteiger charge is 2.34. The van der Waals surface area contributed by atoms with Gasteiger partial charge < -0.3 is 24.5 Å². The molecule has 1 aliphatic heterocycles. The Hall–Kier alpha value is -4.20. The van der Waals surface area contributed by atoms with Crippen molar-refractivity contribution in [2.75, 3.05) is 19.6 Å². The number of furan rings is 1. The number of amides is 1. The van der Waals surface area contributed by atoms with E-state index in [1.807, 2.05) is 4.90 Å². The van der Waals surface area contributed by atoms with Crippen molar-refractivity contribution in [2.24, 2.45) is 0 Å². The van der Waals surface area contributed by atoms with Crippen molar-refractivity contribution in [2.45, 2.75) is 18.6 Å². The number of carbonyl (C=O) groups is 3. The maximum absolute atomic E-state index is 12.9. The van der Waals surface area contributed by atoms with Gasteiger partial charge in [0.15, 0.2) is 0 Å². The van der Waals surface area contributed by atoms with Gasteiger partial charge >= 0.3 is 18.1 Å². The van der Waals surface area contributed by atoms with Gasteiger partial charge in [-0.05, 0) is 24.3 Å². The molecule has 14 heteroatoms. The average molecular weight is 496 g/mol. The van der Waals surface area contributed by atoms with E-state index in [2.05, 4.69) is 15.5 Å². The molecule has 0 bridgehead atoms. The number of nitrogens with zero attached hydrogens (tertiary/aromatic N) is 3. The fraction of sp³-hybridized carbons (Fsp3) is 0.286. The molecule has 1 aliphatic rings. The molecular formula is C21H19F3N4O7. The summed E-state index contributed by atoms with van der Waals surface area (Å²) in [6.45, 7) is 1.66. The van der Waals surface area contributed by atoms with Gasteiger partial charge in [0.1, 0.15) is 5.76 Å². The van der Waals surface area contributed by atoms with Gasteiger partial charge in [-0.15, -0.1) is 0 Å². The standard InChI is InChI=1S/C19H17F3N4O3.C2H2O4/c20-19(21,22)14-4-1-3-12(7-14)17-24-18(29-25-17)13-9-26(10-13)11-16(27)23-8-15-5-2-6-28-15;3-1(4)2(5)6/h1-7,13H,8-11H2,(H,23,27);(H,3,4)(H,5,6). The summed E-state index contributed by atoms with van der Waals surface area (Å²) in [6, 6.07) is 8.31. The number of carboxylic acid groups (broad SMARTS) is 2. The molecule has 1 fully saturated rings. The van der Waals surface area contributed by atoms with Crippen LogP contribution >= 0.6 is 0 Å². The van der Waals surface area contributed by atoms with Gasteiger partial charge in [-0.1, -0.05) is 17.3 Å².